The van der Waals surface area contributed by atoms with E-state index in [-0.39, 0.29) is 6.42 Å². The van der Waals surface area contributed by atoms with Gasteiger partial charge in [-0.2, -0.15) is 0 Å². The Bertz CT molecular complexity index is 580. The first-order chi connectivity index (χ1) is 8.68. The molecule has 1 rings (SSSR count). The first-order valence-electron chi connectivity index (χ1n) is 5.98. The molecule has 0 amide bonds. The maximum absolute atomic E-state index is 11.9. The second kappa shape index (κ2) is 5.61. The fraction of sp³-hybridized carbons (Fsp3) is 0.462. The molecule has 0 heterocycles. The third-order valence-electron chi connectivity index (χ3n) is 3.06. The largest absolute Gasteiger partial charge is 0.480 e. The molecule has 0 bridgehead atoms. The molecule has 1 unspecified atom stereocenters. The first-order valence-corrected chi connectivity index (χ1v) is 7.82. The number of nitrogens with zero attached hydrogens (tertiary/aromatic N) is 1. The van der Waals surface area contributed by atoms with Gasteiger partial charge in [-0.1, -0.05) is 13.0 Å². The van der Waals surface area contributed by atoms with Crippen molar-refractivity contribution in [1.29, 1.82) is 0 Å². The lowest BCUT2D eigenvalue weighted by Gasteiger charge is -2.28. The molecule has 0 aromatic heterocycles. The monoisotopic (exact) mass is 285 g/mol. The predicted octanol–water partition coefficient (Wildman–Crippen LogP) is 1.93. The number of carbonyl (C=O) groups is 1. The molecule has 0 saturated heterocycles. The van der Waals surface area contributed by atoms with E-state index in [1.807, 2.05) is 13.8 Å². The number of aliphatic carboxylic acids is 1. The van der Waals surface area contributed by atoms with Crippen LogP contribution in [0.15, 0.2) is 18.2 Å². The summed E-state index contributed by atoms with van der Waals surface area (Å²) in [5.41, 5.74) is 2.34. The number of sulfonamides is 1. The van der Waals surface area contributed by atoms with Crippen LogP contribution in [0.25, 0.3) is 0 Å². The highest BCUT2D eigenvalue weighted by molar-refractivity contribution is 7.92. The first kappa shape index (κ1) is 15.5. The van der Waals surface area contributed by atoms with E-state index < -0.39 is 22.0 Å². The predicted molar refractivity (Wildman–Crippen MR) is 75.0 cm³/mol. The lowest BCUT2D eigenvalue weighted by atomic mass is 10.1. The van der Waals surface area contributed by atoms with Crippen LogP contribution >= 0.6 is 0 Å². The van der Waals surface area contributed by atoms with Gasteiger partial charge in [-0.15, -0.1) is 0 Å². The maximum Gasteiger partial charge on any atom is 0.327 e. The molecule has 1 aromatic carbocycles. The minimum atomic E-state index is -3.65. The summed E-state index contributed by atoms with van der Waals surface area (Å²) in [4.78, 5) is 11.2. The van der Waals surface area contributed by atoms with Crippen molar-refractivity contribution in [3.8, 4) is 0 Å². The van der Waals surface area contributed by atoms with E-state index in [1.54, 1.807) is 25.1 Å². The number of carboxylic acids is 1. The zero-order chi connectivity index (χ0) is 14.8. The van der Waals surface area contributed by atoms with Crippen LogP contribution in [0.2, 0.25) is 0 Å². The Labute approximate surface area is 113 Å². The summed E-state index contributed by atoms with van der Waals surface area (Å²) in [5, 5.41) is 9.19. The smallest absolute Gasteiger partial charge is 0.327 e. The van der Waals surface area contributed by atoms with E-state index in [9.17, 15) is 18.3 Å². The average Bonchev–Trinajstić information content (AvgIpc) is 2.27. The highest BCUT2D eigenvalue weighted by Crippen LogP contribution is 2.24. The molecule has 0 aliphatic heterocycles. The number of carboxylic acid groups (broad SMARTS) is 1. The molecule has 1 N–H and O–H groups in total. The Morgan fingerprint density at radius 1 is 1.32 bits per heavy atom. The van der Waals surface area contributed by atoms with Crippen molar-refractivity contribution >= 4 is 21.7 Å². The SMILES string of the molecule is CCC(C(=O)O)N(c1ccc(C)c(C)c1)S(C)(=O)=O. The maximum atomic E-state index is 11.9. The Hall–Kier alpha value is -1.56. The van der Waals surface area contributed by atoms with Crippen LogP contribution in [-0.4, -0.2) is 31.8 Å². The number of rotatable bonds is 5. The summed E-state index contributed by atoms with van der Waals surface area (Å²) in [6.45, 7) is 5.43. The van der Waals surface area contributed by atoms with Gasteiger partial charge in [0.2, 0.25) is 10.0 Å². The molecular formula is C13H19NO4S. The lowest BCUT2D eigenvalue weighted by Crippen LogP contribution is -2.44. The molecule has 5 nitrogen and oxygen atoms in total. The lowest BCUT2D eigenvalue weighted by molar-refractivity contribution is -0.138. The fourth-order valence-electron chi connectivity index (χ4n) is 1.91. The van der Waals surface area contributed by atoms with Crippen molar-refractivity contribution in [1.82, 2.24) is 0 Å². The van der Waals surface area contributed by atoms with Crippen molar-refractivity contribution in [3.63, 3.8) is 0 Å². The molecule has 6 heteroatoms. The summed E-state index contributed by atoms with van der Waals surface area (Å²) in [6.07, 6.45) is 1.23. The minimum absolute atomic E-state index is 0.204. The van der Waals surface area contributed by atoms with Gasteiger partial charge in [-0.05, 0) is 43.5 Å². The van der Waals surface area contributed by atoms with Crippen molar-refractivity contribution in [3.05, 3.63) is 29.3 Å². The number of aryl methyl sites for hydroxylation is 2. The van der Waals surface area contributed by atoms with Crippen molar-refractivity contribution in [2.45, 2.75) is 33.2 Å². The zero-order valence-corrected chi connectivity index (χ0v) is 12.4. The number of anilines is 1. The van der Waals surface area contributed by atoms with E-state index in [0.717, 1.165) is 21.7 Å². The number of hydrogen-bond acceptors (Lipinski definition) is 3. The Balaban J connectivity index is 3.40. The van der Waals surface area contributed by atoms with Crippen molar-refractivity contribution < 1.29 is 18.3 Å². The number of benzene rings is 1. The number of hydrogen-bond donors (Lipinski definition) is 1. The molecule has 0 aliphatic rings. The summed E-state index contributed by atoms with van der Waals surface area (Å²) < 4.78 is 24.8. The quantitative estimate of drug-likeness (QED) is 0.897. The molecule has 0 spiro atoms. The molecule has 1 atom stereocenters. The third kappa shape index (κ3) is 3.47. The van der Waals surface area contributed by atoms with Gasteiger partial charge in [-0.3, -0.25) is 4.31 Å². The van der Waals surface area contributed by atoms with Crippen molar-refractivity contribution in [2.75, 3.05) is 10.6 Å². The van der Waals surface area contributed by atoms with Crippen LogP contribution in [0.5, 0.6) is 0 Å². The molecular weight excluding hydrogens is 266 g/mol. The molecule has 0 fully saturated rings. The Morgan fingerprint density at radius 2 is 1.89 bits per heavy atom. The molecule has 0 saturated carbocycles. The zero-order valence-electron chi connectivity index (χ0n) is 11.5. The molecule has 19 heavy (non-hydrogen) atoms. The van der Waals surface area contributed by atoms with Gasteiger partial charge in [0.15, 0.2) is 0 Å². The van der Waals surface area contributed by atoms with Gasteiger partial charge in [-0.25, -0.2) is 13.2 Å². The Kier molecular flexibility index (Phi) is 4.57. The molecule has 1 aromatic rings. The standard InChI is InChI=1S/C13H19NO4S/c1-5-12(13(15)16)14(19(4,17)18)11-7-6-9(2)10(3)8-11/h6-8,12H,5H2,1-4H3,(H,15,16). The summed E-state index contributed by atoms with van der Waals surface area (Å²) in [7, 11) is -3.65. The van der Waals surface area contributed by atoms with Gasteiger partial charge >= 0.3 is 5.97 Å². The van der Waals surface area contributed by atoms with Gasteiger partial charge < -0.3 is 5.11 Å². The molecule has 0 radical (unpaired) electrons. The van der Waals surface area contributed by atoms with Crippen LogP contribution in [0.3, 0.4) is 0 Å². The van der Waals surface area contributed by atoms with E-state index in [4.69, 9.17) is 0 Å². The van der Waals surface area contributed by atoms with Crippen LogP contribution in [0, 0.1) is 13.8 Å². The molecule has 0 aliphatic carbocycles. The van der Waals surface area contributed by atoms with Gasteiger partial charge in [0, 0.05) is 0 Å². The van der Waals surface area contributed by atoms with Crippen LogP contribution in [-0.2, 0) is 14.8 Å². The van der Waals surface area contributed by atoms with Crippen LogP contribution in [0.4, 0.5) is 5.69 Å². The highest BCUT2D eigenvalue weighted by atomic mass is 32.2. The average molecular weight is 285 g/mol. The van der Waals surface area contributed by atoms with Gasteiger partial charge in [0.25, 0.3) is 0 Å². The second-order valence-corrected chi connectivity index (χ2v) is 6.45. The fourth-order valence-corrected chi connectivity index (χ4v) is 3.10. The van der Waals surface area contributed by atoms with E-state index in [2.05, 4.69) is 0 Å². The normalized spacial score (nSPS) is 13.1. The molecule has 106 valence electrons. The summed E-state index contributed by atoms with van der Waals surface area (Å²) in [6, 6.07) is 4.03. The van der Waals surface area contributed by atoms with E-state index in [1.165, 1.54) is 0 Å². The van der Waals surface area contributed by atoms with Crippen LogP contribution < -0.4 is 4.31 Å². The van der Waals surface area contributed by atoms with Gasteiger partial charge in [0.1, 0.15) is 6.04 Å². The third-order valence-corrected chi connectivity index (χ3v) is 4.24. The minimum Gasteiger partial charge on any atom is -0.480 e. The topological polar surface area (TPSA) is 74.7 Å². The summed E-state index contributed by atoms with van der Waals surface area (Å²) >= 11 is 0. The van der Waals surface area contributed by atoms with Crippen molar-refractivity contribution in [2.24, 2.45) is 0 Å². The van der Waals surface area contributed by atoms with Gasteiger partial charge in [0.05, 0.1) is 11.9 Å². The summed E-state index contributed by atoms with van der Waals surface area (Å²) in [5.74, 6) is -1.15. The van der Waals surface area contributed by atoms with E-state index in [0.29, 0.717) is 5.69 Å². The highest BCUT2D eigenvalue weighted by Gasteiger charge is 2.31. The second-order valence-electron chi connectivity index (χ2n) is 4.59. The van der Waals surface area contributed by atoms with Crippen LogP contribution in [0.1, 0.15) is 24.5 Å². The Morgan fingerprint density at radius 3 is 2.26 bits per heavy atom. The van der Waals surface area contributed by atoms with E-state index >= 15 is 0 Å².